The molecule has 1 aliphatic carbocycles. The Labute approximate surface area is 128 Å². The van der Waals surface area contributed by atoms with Gasteiger partial charge in [-0.05, 0) is 19.3 Å². The molecule has 1 saturated carbocycles. The van der Waals surface area contributed by atoms with Crippen LogP contribution >= 0.6 is 0 Å². The van der Waals surface area contributed by atoms with Crippen molar-refractivity contribution in [3.05, 3.63) is 33.1 Å². The first-order valence-electron chi connectivity index (χ1n) is 7.83. The lowest BCUT2D eigenvalue weighted by Gasteiger charge is -2.21. The second kappa shape index (κ2) is 8.53. The van der Waals surface area contributed by atoms with Gasteiger partial charge in [-0.15, -0.1) is 0 Å². The van der Waals surface area contributed by atoms with E-state index in [0.29, 0.717) is 19.3 Å². The fourth-order valence-corrected chi connectivity index (χ4v) is 2.56. The monoisotopic (exact) mass is 309 g/mol. The zero-order valence-electron chi connectivity index (χ0n) is 12.7. The highest BCUT2D eigenvalue weighted by molar-refractivity contribution is 5.75. The van der Waals surface area contributed by atoms with E-state index >= 15 is 0 Å². The molecule has 1 heterocycles. The number of nitrogens with one attached hydrogen (secondary N) is 2. The number of amides is 1. The molecule has 122 valence electrons. The largest absolute Gasteiger partial charge is 0.378 e. The Bertz CT molecular complexity index is 587. The van der Waals surface area contributed by atoms with E-state index in [2.05, 4.69) is 10.3 Å². The third kappa shape index (κ3) is 5.48. The van der Waals surface area contributed by atoms with Gasteiger partial charge in [0.25, 0.3) is 5.56 Å². The van der Waals surface area contributed by atoms with Crippen molar-refractivity contribution in [3.8, 4) is 0 Å². The highest BCUT2D eigenvalue weighted by Crippen LogP contribution is 2.20. The van der Waals surface area contributed by atoms with Crippen molar-refractivity contribution in [2.75, 3.05) is 13.2 Å². The van der Waals surface area contributed by atoms with Crippen LogP contribution in [0.3, 0.4) is 0 Å². The predicted octanol–water partition coefficient (Wildman–Crippen LogP) is 0.392. The average molecular weight is 309 g/mol. The number of ether oxygens (including phenoxy) is 1. The van der Waals surface area contributed by atoms with Gasteiger partial charge in [-0.25, -0.2) is 4.79 Å². The van der Waals surface area contributed by atoms with E-state index in [1.807, 2.05) is 0 Å². The Morgan fingerprint density at radius 3 is 2.82 bits per heavy atom. The molecule has 0 atom stereocenters. The number of nitrogens with zero attached hydrogens (tertiary/aromatic N) is 1. The average Bonchev–Trinajstić information content (AvgIpc) is 2.51. The number of aromatic amines is 1. The molecule has 1 aromatic heterocycles. The summed E-state index contributed by atoms with van der Waals surface area (Å²) < 4.78 is 6.93. The molecule has 0 spiro atoms. The Balaban J connectivity index is 1.61. The van der Waals surface area contributed by atoms with Crippen LogP contribution in [0.4, 0.5) is 0 Å². The summed E-state index contributed by atoms with van der Waals surface area (Å²) in [6.45, 7) is 1.06. The second-order valence-corrected chi connectivity index (χ2v) is 5.57. The minimum absolute atomic E-state index is 0.0981. The summed E-state index contributed by atoms with van der Waals surface area (Å²) in [5, 5.41) is 2.74. The van der Waals surface area contributed by atoms with Crippen LogP contribution in [0.5, 0.6) is 0 Å². The van der Waals surface area contributed by atoms with Gasteiger partial charge in [0.15, 0.2) is 0 Å². The summed E-state index contributed by atoms with van der Waals surface area (Å²) in [7, 11) is 0. The maximum absolute atomic E-state index is 11.7. The van der Waals surface area contributed by atoms with Crippen LogP contribution in [0.2, 0.25) is 0 Å². The highest BCUT2D eigenvalue weighted by atomic mass is 16.5. The molecule has 1 aromatic rings. The Hall–Kier alpha value is -1.89. The summed E-state index contributed by atoms with van der Waals surface area (Å²) >= 11 is 0. The van der Waals surface area contributed by atoms with Gasteiger partial charge in [0.2, 0.25) is 5.91 Å². The Morgan fingerprint density at radius 2 is 2.09 bits per heavy atom. The minimum atomic E-state index is -0.580. The van der Waals surface area contributed by atoms with Crippen LogP contribution < -0.4 is 16.6 Å². The van der Waals surface area contributed by atoms with Crippen molar-refractivity contribution in [3.63, 3.8) is 0 Å². The van der Waals surface area contributed by atoms with Crippen molar-refractivity contribution in [2.45, 2.75) is 51.2 Å². The lowest BCUT2D eigenvalue weighted by atomic mass is 9.98. The molecule has 2 rings (SSSR count). The first-order chi connectivity index (χ1) is 10.6. The first-order valence-corrected chi connectivity index (χ1v) is 7.83. The Kier molecular flexibility index (Phi) is 6.39. The van der Waals surface area contributed by atoms with E-state index in [0.717, 1.165) is 23.8 Å². The third-order valence-electron chi connectivity index (χ3n) is 3.76. The molecule has 0 bridgehead atoms. The molecule has 1 fully saturated rings. The van der Waals surface area contributed by atoms with E-state index in [1.165, 1.54) is 31.5 Å². The fourth-order valence-electron chi connectivity index (χ4n) is 2.56. The number of aromatic nitrogens is 2. The normalized spacial score (nSPS) is 15.6. The Morgan fingerprint density at radius 1 is 1.32 bits per heavy atom. The van der Waals surface area contributed by atoms with Gasteiger partial charge in [0.1, 0.15) is 6.54 Å². The van der Waals surface area contributed by atoms with Crippen LogP contribution in [-0.4, -0.2) is 34.7 Å². The maximum atomic E-state index is 11.7. The van der Waals surface area contributed by atoms with Crippen LogP contribution in [0, 0.1) is 0 Å². The molecule has 0 saturated heterocycles. The molecule has 0 aliphatic heterocycles. The van der Waals surface area contributed by atoms with E-state index in [1.54, 1.807) is 0 Å². The smallest absolute Gasteiger partial charge is 0.328 e. The van der Waals surface area contributed by atoms with Gasteiger partial charge in [0, 0.05) is 25.4 Å². The minimum Gasteiger partial charge on any atom is -0.378 e. The van der Waals surface area contributed by atoms with E-state index in [9.17, 15) is 14.4 Å². The van der Waals surface area contributed by atoms with Crippen LogP contribution in [0.1, 0.15) is 38.5 Å². The quantitative estimate of drug-likeness (QED) is 0.713. The van der Waals surface area contributed by atoms with Gasteiger partial charge in [-0.3, -0.25) is 19.1 Å². The number of rotatable bonds is 7. The number of carbonyl (C=O) groups is 1. The summed E-state index contributed by atoms with van der Waals surface area (Å²) in [4.78, 5) is 36.2. The molecule has 1 aliphatic rings. The number of hydrogen-bond donors (Lipinski definition) is 2. The molecule has 22 heavy (non-hydrogen) atoms. The van der Waals surface area contributed by atoms with Crippen LogP contribution in [0.25, 0.3) is 0 Å². The van der Waals surface area contributed by atoms with Crippen LogP contribution in [0.15, 0.2) is 21.9 Å². The summed E-state index contributed by atoms with van der Waals surface area (Å²) in [6.07, 6.45) is 8.52. The zero-order chi connectivity index (χ0) is 15.8. The van der Waals surface area contributed by atoms with Gasteiger partial charge >= 0.3 is 5.69 Å². The summed E-state index contributed by atoms with van der Waals surface area (Å²) in [5.74, 6) is -0.258. The standard InChI is InChI=1S/C15H23N3O4/c19-13-7-9-18(15(21)17-13)11-14(20)16-8-4-10-22-12-5-2-1-3-6-12/h7,9,12H,1-6,8,10-11H2,(H,16,20)(H,17,19,21). The molecule has 0 radical (unpaired) electrons. The zero-order valence-corrected chi connectivity index (χ0v) is 12.7. The highest BCUT2D eigenvalue weighted by Gasteiger charge is 2.13. The van der Waals surface area contributed by atoms with E-state index in [-0.39, 0.29) is 12.5 Å². The molecule has 7 heteroatoms. The van der Waals surface area contributed by atoms with Gasteiger partial charge in [0.05, 0.1) is 6.10 Å². The second-order valence-electron chi connectivity index (χ2n) is 5.57. The van der Waals surface area contributed by atoms with Crippen molar-refractivity contribution in [1.82, 2.24) is 14.9 Å². The maximum Gasteiger partial charge on any atom is 0.328 e. The van der Waals surface area contributed by atoms with E-state index in [4.69, 9.17) is 4.74 Å². The van der Waals surface area contributed by atoms with E-state index < -0.39 is 11.2 Å². The molecule has 0 unspecified atom stereocenters. The summed E-state index contributed by atoms with van der Waals surface area (Å²) in [6, 6.07) is 1.21. The SMILES string of the molecule is O=C(Cn1ccc(=O)[nH]c1=O)NCCCOC1CCCCC1. The molecular weight excluding hydrogens is 286 g/mol. The molecule has 1 amide bonds. The number of carbonyl (C=O) groups excluding carboxylic acids is 1. The lowest BCUT2D eigenvalue weighted by Crippen LogP contribution is -2.36. The first kappa shape index (κ1) is 16.5. The number of hydrogen-bond acceptors (Lipinski definition) is 4. The van der Waals surface area contributed by atoms with Gasteiger partial charge in [-0.1, -0.05) is 19.3 Å². The molecule has 7 nitrogen and oxygen atoms in total. The fraction of sp³-hybridized carbons (Fsp3) is 0.667. The van der Waals surface area contributed by atoms with Crippen molar-refractivity contribution >= 4 is 5.91 Å². The van der Waals surface area contributed by atoms with Crippen LogP contribution in [-0.2, 0) is 16.1 Å². The molecule has 2 N–H and O–H groups in total. The van der Waals surface area contributed by atoms with Gasteiger partial charge in [-0.2, -0.15) is 0 Å². The lowest BCUT2D eigenvalue weighted by molar-refractivity contribution is -0.121. The predicted molar refractivity (Wildman–Crippen MR) is 81.8 cm³/mol. The molecule has 0 aromatic carbocycles. The number of H-pyrrole nitrogens is 1. The van der Waals surface area contributed by atoms with Crippen molar-refractivity contribution in [1.29, 1.82) is 0 Å². The van der Waals surface area contributed by atoms with Crippen molar-refractivity contribution in [2.24, 2.45) is 0 Å². The van der Waals surface area contributed by atoms with Gasteiger partial charge < -0.3 is 10.1 Å². The topological polar surface area (TPSA) is 93.2 Å². The molecular formula is C15H23N3O4. The van der Waals surface area contributed by atoms with Crippen molar-refractivity contribution < 1.29 is 9.53 Å². The summed E-state index contributed by atoms with van der Waals surface area (Å²) in [5.41, 5.74) is -1.05. The third-order valence-corrected chi connectivity index (χ3v) is 3.76.